The zero-order valence-corrected chi connectivity index (χ0v) is 15.7. The second-order valence-corrected chi connectivity index (χ2v) is 7.07. The Morgan fingerprint density at radius 1 is 1.12 bits per heavy atom. The largest absolute Gasteiger partial charge is 0.493 e. The molecular formula is C20H28N2O4. The summed E-state index contributed by atoms with van der Waals surface area (Å²) in [6.07, 6.45) is 4.68. The molecule has 6 heteroatoms. The van der Waals surface area contributed by atoms with Crippen LogP contribution in [0.2, 0.25) is 0 Å². The number of nitrogens with zero attached hydrogens (tertiary/aromatic N) is 2. The van der Waals surface area contributed by atoms with Crippen LogP contribution in [0.5, 0.6) is 11.5 Å². The average Bonchev–Trinajstić information content (AvgIpc) is 2.69. The molecule has 26 heavy (non-hydrogen) atoms. The number of methoxy groups -OCH3 is 2. The summed E-state index contributed by atoms with van der Waals surface area (Å²) in [5.74, 6) is 1.80. The number of hydrogen-bond donors (Lipinski definition) is 0. The first-order valence-electron chi connectivity index (χ1n) is 9.42. The van der Waals surface area contributed by atoms with E-state index in [1.807, 2.05) is 15.9 Å². The van der Waals surface area contributed by atoms with Gasteiger partial charge >= 0.3 is 0 Å². The monoisotopic (exact) mass is 360 g/mol. The second kappa shape index (κ2) is 8.43. The highest BCUT2D eigenvalue weighted by molar-refractivity contribution is 5.97. The number of likely N-dealkylation sites (tertiary alicyclic amines) is 2. The van der Waals surface area contributed by atoms with E-state index in [-0.39, 0.29) is 11.8 Å². The van der Waals surface area contributed by atoms with Gasteiger partial charge in [0, 0.05) is 32.6 Å². The SMILES string of the molecule is COc1cccc(C(=O)N2CCC(CN3CCCCC3=O)CC2)c1OC. The lowest BCUT2D eigenvalue weighted by Gasteiger charge is -2.36. The summed E-state index contributed by atoms with van der Waals surface area (Å²) in [7, 11) is 3.12. The summed E-state index contributed by atoms with van der Waals surface area (Å²) < 4.78 is 10.7. The van der Waals surface area contributed by atoms with E-state index in [2.05, 4.69) is 0 Å². The Labute approximate surface area is 155 Å². The van der Waals surface area contributed by atoms with Crippen molar-refractivity contribution < 1.29 is 19.1 Å². The molecular weight excluding hydrogens is 332 g/mol. The predicted molar refractivity (Wildman–Crippen MR) is 98.6 cm³/mol. The molecule has 0 saturated carbocycles. The number of rotatable bonds is 5. The molecule has 3 rings (SSSR count). The Kier molecular flexibility index (Phi) is 6.01. The van der Waals surface area contributed by atoms with E-state index in [1.54, 1.807) is 26.4 Å². The van der Waals surface area contributed by atoms with Crippen molar-refractivity contribution in [1.82, 2.24) is 9.80 Å². The van der Waals surface area contributed by atoms with Gasteiger partial charge in [0.15, 0.2) is 11.5 Å². The highest BCUT2D eigenvalue weighted by Gasteiger charge is 2.29. The lowest BCUT2D eigenvalue weighted by atomic mass is 9.94. The fourth-order valence-corrected chi connectivity index (χ4v) is 3.91. The number of para-hydroxylation sites is 1. The van der Waals surface area contributed by atoms with Crippen LogP contribution in [0.25, 0.3) is 0 Å². The van der Waals surface area contributed by atoms with Crippen molar-refractivity contribution in [2.45, 2.75) is 32.1 Å². The van der Waals surface area contributed by atoms with E-state index in [4.69, 9.17) is 9.47 Å². The molecule has 6 nitrogen and oxygen atoms in total. The highest BCUT2D eigenvalue weighted by Crippen LogP contribution is 2.32. The van der Waals surface area contributed by atoms with Crippen molar-refractivity contribution in [3.63, 3.8) is 0 Å². The number of benzene rings is 1. The van der Waals surface area contributed by atoms with E-state index >= 15 is 0 Å². The Morgan fingerprint density at radius 2 is 1.88 bits per heavy atom. The van der Waals surface area contributed by atoms with Gasteiger partial charge in [-0.1, -0.05) is 6.07 Å². The molecule has 2 heterocycles. The smallest absolute Gasteiger partial charge is 0.257 e. The molecule has 142 valence electrons. The summed E-state index contributed by atoms with van der Waals surface area (Å²) in [6, 6.07) is 5.38. The van der Waals surface area contributed by atoms with Crippen LogP contribution in [0.1, 0.15) is 42.5 Å². The fourth-order valence-electron chi connectivity index (χ4n) is 3.91. The number of carbonyl (C=O) groups excluding carboxylic acids is 2. The predicted octanol–water partition coefficient (Wildman–Crippen LogP) is 2.57. The fraction of sp³-hybridized carbons (Fsp3) is 0.600. The van der Waals surface area contributed by atoms with Crippen LogP contribution in [0, 0.1) is 5.92 Å². The molecule has 1 aromatic rings. The number of carbonyl (C=O) groups is 2. The van der Waals surface area contributed by atoms with Gasteiger partial charge in [0.2, 0.25) is 5.91 Å². The van der Waals surface area contributed by atoms with Crippen LogP contribution in [-0.2, 0) is 4.79 Å². The van der Waals surface area contributed by atoms with Crippen molar-refractivity contribution >= 4 is 11.8 Å². The van der Waals surface area contributed by atoms with Gasteiger partial charge in [0.1, 0.15) is 0 Å². The quantitative estimate of drug-likeness (QED) is 0.810. The summed E-state index contributed by atoms with van der Waals surface area (Å²) >= 11 is 0. The van der Waals surface area contributed by atoms with Gasteiger partial charge in [0.05, 0.1) is 19.8 Å². The Morgan fingerprint density at radius 3 is 2.54 bits per heavy atom. The number of amides is 2. The molecule has 2 aliphatic rings. The molecule has 0 unspecified atom stereocenters. The van der Waals surface area contributed by atoms with E-state index in [0.29, 0.717) is 42.5 Å². The summed E-state index contributed by atoms with van der Waals surface area (Å²) in [5.41, 5.74) is 0.538. The third kappa shape index (κ3) is 3.94. The molecule has 0 N–H and O–H groups in total. The summed E-state index contributed by atoms with van der Waals surface area (Å²) in [4.78, 5) is 28.8. The molecule has 2 aliphatic heterocycles. The van der Waals surface area contributed by atoms with Gasteiger partial charge in [-0.05, 0) is 43.7 Å². The zero-order chi connectivity index (χ0) is 18.5. The van der Waals surface area contributed by atoms with Crippen LogP contribution in [0.15, 0.2) is 18.2 Å². The van der Waals surface area contributed by atoms with Gasteiger partial charge < -0.3 is 19.3 Å². The minimum Gasteiger partial charge on any atom is -0.493 e. The lowest BCUT2D eigenvalue weighted by Crippen LogP contribution is -2.44. The Hall–Kier alpha value is -2.24. The maximum absolute atomic E-state index is 12.9. The average molecular weight is 360 g/mol. The van der Waals surface area contributed by atoms with Crippen LogP contribution in [-0.4, -0.2) is 62.0 Å². The van der Waals surface area contributed by atoms with Gasteiger partial charge in [-0.2, -0.15) is 0 Å². The molecule has 0 aromatic heterocycles. The van der Waals surface area contributed by atoms with Crippen molar-refractivity contribution in [3.8, 4) is 11.5 Å². The first-order chi connectivity index (χ1) is 12.6. The number of piperidine rings is 2. The molecule has 0 radical (unpaired) electrons. The minimum absolute atomic E-state index is 0.0201. The number of hydrogen-bond acceptors (Lipinski definition) is 4. The van der Waals surface area contributed by atoms with Gasteiger partial charge in [-0.15, -0.1) is 0 Å². The zero-order valence-electron chi connectivity index (χ0n) is 15.7. The van der Waals surface area contributed by atoms with Crippen LogP contribution < -0.4 is 9.47 Å². The summed E-state index contributed by atoms with van der Waals surface area (Å²) in [5, 5.41) is 0. The van der Waals surface area contributed by atoms with E-state index in [1.165, 1.54) is 0 Å². The normalized spacial score (nSPS) is 18.8. The Balaban J connectivity index is 1.59. The maximum Gasteiger partial charge on any atom is 0.257 e. The first kappa shape index (κ1) is 18.5. The lowest BCUT2D eigenvalue weighted by molar-refractivity contribution is -0.134. The maximum atomic E-state index is 12.9. The number of ether oxygens (including phenoxy) is 2. The summed E-state index contributed by atoms with van der Waals surface area (Å²) in [6.45, 7) is 3.15. The van der Waals surface area contributed by atoms with E-state index in [9.17, 15) is 9.59 Å². The minimum atomic E-state index is -0.0201. The Bertz CT molecular complexity index is 653. The van der Waals surface area contributed by atoms with E-state index < -0.39 is 0 Å². The standard InChI is InChI=1S/C20H28N2O4/c1-25-17-7-5-6-16(19(17)26-2)20(24)21-12-9-15(10-13-21)14-22-11-4-3-8-18(22)23/h5-7,15H,3-4,8-14H2,1-2H3. The molecule has 0 atom stereocenters. The van der Waals surface area contributed by atoms with E-state index in [0.717, 1.165) is 38.8 Å². The second-order valence-electron chi connectivity index (χ2n) is 7.07. The third-order valence-electron chi connectivity index (χ3n) is 5.44. The van der Waals surface area contributed by atoms with Crippen molar-refractivity contribution in [2.24, 2.45) is 5.92 Å². The molecule has 0 spiro atoms. The molecule has 0 aliphatic carbocycles. The van der Waals surface area contributed by atoms with Crippen molar-refractivity contribution in [3.05, 3.63) is 23.8 Å². The molecule has 2 saturated heterocycles. The van der Waals surface area contributed by atoms with Crippen LogP contribution in [0.3, 0.4) is 0 Å². The van der Waals surface area contributed by atoms with Gasteiger partial charge in [-0.25, -0.2) is 0 Å². The molecule has 1 aromatic carbocycles. The van der Waals surface area contributed by atoms with Crippen molar-refractivity contribution in [1.29, 1.82) is 0 Å². The van der Waals surface area contributed by atoms with Crippen molar-refractivity contribution in [2.75, 3.05) is 40.4 Å². The molecule has 2 fully saturated rings. The molecule has 2 amide bonds. The highest BCUT2D eigenvalue weighted by atomic mass is 16.5. The van der Waals surface area contributed by atoms with Crippen LogP contribution in [0.4, 0.5) is 0 Å². The van der Waals surface area contributed by atoms with Crippen LogP contribution >= 0.6 is 0 Å². The topological polar surface area (TPSA) is 59.1 Å². The van der Waals surface area contributed by atoms with Gasteiger partial charge in [-0.3, -0.25) is 9.59 Å². The molecule has 0 bridgehead atoms. The van der Waals surface area contributed by atoms with Gasteiger partial charge in [0.25, 0.3) is 5.91 Å². The third-order valence-corrected chi connectivity index (χ3v) is 5.44. The first-order valence-corrected chi connectivity index (χ1v) is 9.42.